The van der Waals surface area contributed by atoms with Gasteiger partial charge in [-0.3, -0.25) is 4.79 Å². The predicted octanol–water partition coefficient (Wildman–Crippen LogP) is 2.83. The number of hydrogen-bond acceptors (Lipinski definition) is 3. The number of aromatic nitrogens is 2. The summed E-state index contributed by atoms with van der Waals surface area (Å²) in [7, 11) is 0. The van der Waals surface area contributed by atoms with Crippen molar-refractivity contribution in [2.75, 3.05) is 5.32 Å². The Kier molecular flexibility index (Phi) is 3.09. The molecule has 102 valence electrons. The number of nitrogens with zero attached hydrogens (tertiary/aromatic N) is 2. The summed E-state index contributed by atoms with van der Waals surface area (Å²) in [5.41, 5.74) is 2.01. The first-order valence-electron chi connectivity index (χ1n) is 6.11. The second-order valence-electron chi connectivity index (χ2n) is 4.40. The zero-order valence-electron chi connectivity index (χ0n) is 10.7. The van der Waals surface area contributed by atoms with Crippen LogP contribution < -0.4 is 5.32 Å². The Balaban J connectivity index is 1.91. The average molecular weight is 280 g/mol. The summed E-state index contributed by atoms with van der Waals surface area (Å²) in [6.45, 7) is 0. The van der Waals surface area contributed by atoms with E-state index >= 15 is 0 Å². The molecule has 0 bridgehead atoms. The minimum atomic E-state index is -0.712. The molecule has 2 N–H and O–H groups in total. The van der Waals surface area contributed by atoms with E-state index in [1.54, 1.807) is 24.4 Å². The fourth-order valence-electron chi connectivity index (χ4n) is 2.04. The maximum absolute atomic E-state index is 13.0. The van der Waals surface area contributed by atoms with Crippen LogP contribution in [0.4, 0.5) is 10.1 Å². The number of hydrogen-bond donors (Lipinski definition) is 2. The number of benzene rings is 1. The van der Waals surface area contributed by atoms with E-state index in [0.29, 0.717) is 11.3 Å². The highest BCUT2D eigenvalue weighted by atomic mass is 19.1. The number of amides is 1. The van der Waals surface area contributed by atoms with Crippen molar-refractivity contribution in [3.63, 3.8) is 0 Å². The fourth-order valence-corrected chi connectivity index (χ4v) is 2.04. The minimum Gasteiger partial charge on any atom is -0.360 e. The molecule has 5 nitrogen and oxygen atoms in total. The van der Waals surface area contributed by atoms with Crippen LogP contribution in [0.3, 0.4) is 0 Å². The Labute approximate surface area is 119 Å². The third-order valence-electron chi connectivity index (χ3n) is 3.05. The zero-order valence-corrected chi connectivity index (χ0v) is 10.7. The molecule has 1 amide bonds. The maximum atomic E-state index is 13.0. The van der Waals surface area contributed by atoms with Crippen LogP contribution >= 0.6 is 0 Å². The van der Waals surface area contributed by atoms with Crippen molar-refractivity contribution in [3.8, 4) is 6.07 Å². The van der Waals surface area contributed by atoms with Crippen molar-refractivity contribution in [1.29, 1.82) is 5.26 Å². The highest BCUT2D eigenvalue weighted by molar-refractivity contribution is 6.05. The Morgan fingerprint density at radius 3 is 2.95 bits per heavy atom. The van der Waals surface area contributed by atoms with Gasteiger partial charge in [0.1, 0.15) is 6.07 Å². The van der Waals surface area contributed by atoms with Gasteiger partial charge in [-0.1, -0.05) is 0 Å². The van der Waals surface area contributed by atoms with E-state index < -0.39 is 11.9 Å². The van der Waals surface area contributed by atoms with Gasteiger partial charge in [0.15, 0.2) is 0 Å². The minimum absolute atomic E-state index is 0.178. The van der Waals surface area contributed by atoms with Crippen LogP contribution in [0.15, 0.2) is 42.7 Å². The van der Waals surface area contributed by atoms with E-state index in [4.69, 9.17) is 5.26 Å². The number of pyridine rings is 1. The van der Waals surface area contributed by atoms with Gasteiger partial charge < -0.3 is 10.3 Å². The Morgan fingerprint density at radius 1 is 1.33 bits per heavy atom. The molecule has 1 aromatic carbocycles. The van der Waals surface area contributed by atoms with Crippen molar-refractivity contribution in [2.45, 2.75) is 0 Å². The fraction of sp³-hybridized carbons (Fsp3) is 0. The van der Waals surface area contributed by atoms with Crippen LogP contribution in [0.25, 0.3) is 10.9 Å². The topological polar surface area (TPSA) is 81.6 Å². The molecule has 2 heterocycles. The van der Waals surface area contributed by atoms with Crippen LogP contribution in [0.1, 0.15) is 15.9 Å². The van der Waals surface area contributed by atoms with E-state index in [1.807, 2.05) is 0 Å². The average Bonchev–Trinajstić information content (AvgIpc) is 2.89. The molecule has 6 heteroatoms. The van der Waals surface area contributed by atoms with Gasteiger partial charge >= 0.3 is 0 Å². The summed E-state index contributed by atoms with van der Waals surface area (Å²) >= 11 is 0. The van der Waals surface area contributed by atoms with Gasteiger partial charge in [-0.2, -0.15) is 9.65 Å². The van der Waals surface area contributed by atoms with E-state index in [2.05, 4.69) is 21.4 Å². The molecule has 2 aromatic heterocycles. The van der Waals surface area contributed by atoms with Crippen LogP contribution in [-0.4, -0.2) is 15.9 Å². The third kappa shape index (κ3) is 2.44. The van der Waals surface area contributed by atoms with Crippen molar-refractivity contribution < 1.29 is 9.18 Å². The zero-order chi connectivity index (χ0) is 14.8. The molecule has 0 saturated carbocycles. The summed E-state index contributed by atoms with van der Waals surface area (Å²) in [5.74, 6) is -1.15. The van der Waals surface area contributed by atoms with Gasteiger partial charge in [-0.05, 0) is 24.3 Å². The molecule has 21 heavy (non-hydrogen) atoms. The molecular weight excluding hydrogens is 271 g/mol. The lowest BCUT2D eigenvalue weighted by atomic mass is 10.1. The lowest BCUT2D eigenvalue weighted by molar-refractivity contribution is 0.102. The van der Waals surface area contributed by atoms with Crippen LogP contribution in [0.2, 0.25) is 0 Å². The predicted molar refractivity (Wildman–Crippen MR) is 75.2 cm³/mol. The van der Waals surface area contributed by atoms with E-state index in [-0.39, 0.29) is 5.56 Å². The SMILES string of the molecule is N#Cc1c[nH]c2ccc(NC(=O)c3ccnc(F)c3)cc12. The molecule has 0 aliphatic carbocycles. The molecule has 0 atom stereocenters. The number of fused-ring (bicyclic) bond motifs is 1. The molecular formula is C15H9FN4O. The molecule has 0 spiro atoms. The van der Waals surface area contributed by atoms with Gasteiger partial charge in [0.2, 0.25) is 5.95 Å². The van der Waals surface area contributed by atoms with Crippen molar-refractivity contribution in [1.82, 2.24) is 9.97 Å². The highest BCUT2D eigenvalue weighted by Crippen LogP contribution is 2.22. The number of carbonyl (C=O) groups excluding carboxylic acids is 1. The molecule has 0 aliphatic rings. The standard InChI is InChI=1S/C15H9FN4O/c16-14-5-9(3-4-18-14)15(21)20-11-1-2-13-12(6-11)10(7-17)8-19-13/h1-6,8,19H,(H,20,21). The summed E-state index contributed by atoms with van der Waals surface area (Å²) < 4.78 is 13.0. The van der Waals surface area contributed by atoms with Gasteiger partial charge in [-0.25, -0.2) is 4.98 Å². The van der Waals surface area contributed by atoms with Gasteiger partial charge in [0, 0.05) is 40.6 Å². The Morgan fingerprint density at radius 2 is 2.19 bits per heavy atom. The molecule has 3 aromatic rings. The van der Waals surface area contributed by atoms with Crippen LogP contribution in [0, 0.1) is 17.3 Å². The lowest BCUT2D eigenvalue weighted by Crippen LogP contribution is -2.12. The van der Waals surface area contributed by atoms with Crippen molar-refractivity contribution in [3.05, 3.63) is 59.8 Å². The van der Waals surface area contributed by atoms with Gasteiger partial charge in [0.25, 0.3) is 5.91 Å². The van der Waals surface area contributed by atoms with Gasteiger partial charge in [0.05, 0.1) is 5.56 Å². The molecule has 0 fully saturated rings. The maximum Gasteiger partial charge on any atom is 0.255 e. The largest absolute Gasteiger partial charge is 0.360 e. The van der Waals surface area contributed by atoms with Crippen molar-refractivity contribution >= 4 is 22.5 Å². The normalized spacial score (nSPS) is 10.3. The van der Waals surface area contributed by atoms with E-state index in [9.17, 15) is 9.18 Å². The first kappa shape index (κ1) is 12.8. The smallest absolute Gasteiger partial charge is 0.255 e. The molecule has 0 unspecified atom stereocenters. The number of nitrogens with one attached hydrogen (secondary N) is 2. The number of H-pyrrole nitrogens is 1. The van der Waals surface area contributed by atoms with Crippen molar-refractivity contribution in [2.24, 2.45) is 0 Å². The monoisotopic (exact) mass is 280 g/mol. The highest BCUT2D eigenvalue weighted by Gasteiger charge is 2.09. The first-order valence-corrected chi connectivity index (χ1v) is 6.11. The summed E-state index contributed by atoms with van der Waals surface area (Å²) in [6, 6.07) is 9.71. The quantitative estimate of drug-likeness (QED) is 0.708. The summed E-state index contributed by atoms with van der Waals surface area (Å²) in [5, 5.41) is 12.4. The number of aromatic amines is 1. The molecule has 0 aliphatic heterocycles. The number of carbonyl (C=O) groups is 1. The summed E-state index contributed by atoms with van der Waals surface area (Å²) in [6.07, 6.45) is 2.84. The molecule has 0 saturated heterocycles. The number of anilines is 1. The molecule has 0 radical (unpaired) electrons. The second-order valence-corrected chi connectivity index (χ2v) is 4.40. The third-order valence-corrected chi connectivity index (χ3v) is 3.05. The number of halogens is 1. The number of nitriles is 1. The van der Waals surface area contributed by atoms with E-state index in [0.717, 1.165) is 17.0 Å². The molecule has 3 rings (SSSR count). The number of rotatable bonds is 2. The first-order chi connectivity index (χ1) is 10.2. The Bertz CT molecular complexity index is 879. The van der Waals surface area contributed by atoms with Gasteiger partial charge in [-0.15, -0.1) is 0 Å². The second kappa shape index (κ2) is 5.06. The van der Waals surface area contributed by atoms with E-state index in [1.165, 1.54) is 12.3 Å². The summed E-state index contributed by atoms with van der Waals surface area (Å²) in [4.78, 5) is 18.4. The van der Waals surface area contributed by atoms with Crippen LogP contribution in [0.5, 0.6) is 0 Å². The lowest BCUT2D eigenvalue weighted by Gasteiger charge is -2.05. The van der Waals surface area contributed by atoms with Crippen LogP contribution in [-0.2, 0) is 0 Å². The Hall–Kier alpha value is -3.20.